The predicted molar refractivity (Wildman–Crippen MR) is 64.0 cm³/mol. The van der Waals surface area contributed by atoms with E-state index in [0.29, 0.717) is 5.95 Å². The van der Waals surface area contributed by atoms with E-state index in [9.17, 15) is 0 Å². The SMILES string of the molecule is CSc1ccc(Cn2ccnc2N)cc1. The molecule has 78 valence electrons. The summed E-state index contributed by atoms with van der Waals surface area (Å²) in [4.78, 5) is 5.26. The van der Waals surface area contributed by atoms with Crippen LogP contribution in [0.25, 0.3) is 0 Å². The van der Waals surface area contributed by atoms with Crippen molar-refractivity contribution in [2.24, 2.45) is 0 Å². The Bertz CT molecular complexity index is 433. The highest BCUT2D eigenvalue weighted by Gasteiger charge is 1.99. The Hall–Kier alpha value is -1.42. The van der Waals surface area contributed by atoms with Gasteiger partial charge in [0, 0.05) is 17.3 Å². The lowest BCUT2D eigenvalue weighted by atomic mass is 10.2. The number of rotatable bonds is 3. The molecular formula is C11H13N3S. The van der Waals surface area contributed by atoms with E-state index in [1.54, 1.807) is 18.0 Å². The third-order valence-corrected chi connectivity index (χ3v) is 3.00. The minimum Gasteiger partial charge on any atom is -0.369 e. The number of anilines is 1. The number of benzene rings is 1. The average molecular weight is 219 g/mol. The smallest absolute Gasteiger partial charge is 0.200 e. The van der Waals surface area contributed by atoms with Gasteiger partial charge in [0.2, 0.25) is 0 Å². The molecule has 1 aromatic carbocycles. The number of nitrogen functional groups attached to an aromatic ring is 1. The summed E-state index contributed by atoms with van der Waals surface area (Å²) in [6.07, 6.45) is 5.67. The number of hydrogen-bond donors (Lipinski definition) is 1. The van der Waals surface area contributed by atoms with Crippen molar-refractivity contribution in [1.82, 2.24) is 9.55 Å². The second-order valence-electron chi connectivity index (χ2n) is 3.26. The molecule has 0 amide bonds. The molecule has 0 bridgehead atoms. The normalized spacial score (nSPS) is 10.5. The van der Waals surface area contributed by atoms with Crippen LogP contribution < -0.4 is 5.73 Å². The van der Waals surface area contributed by atoms with Gasteiger partial charge in [-0.05, 0) is 24.0 Å². The molecule has 0 radical (unpaired) electrons. The van der Waals surface area contributed by atoms with Crippen molar-refractivity contribution in [3.8, 4) is 0 Å². The molecule has 0 aliphatic rings. The van der Waals surface area contributed by atoms with E-state index in [-0.39, 0.29) is 0 Å². The Balaban J connectivity index is 2.14. The Morgan fingerprint density at radius 1 is 1.33 bits per heavy atom. The fourth-order valence-electron chi connectivity index (χ4n) is 1.40. The maximum Gasteiger partial charge on any atom is 0.200 e. The van der Waals surface area contributed by atoms with Crippen LogP contribution in [0, 0.1) is 0 Å². The Kier molecular flexibility index (Phi) is 2.97. The maximum atomic E-state index is 5.69. The van der Waals surface area contributed by atoms with Crippen LogP contribution in [0.15, 0.2) is 41.6 Å². The number of nitrogens with two attached hydrogens (primary N) is 1. The summed E-state index contributed by atoms with van der Waals surface area (Å²) in [5.41, 5.74) is 6.93. The fraction of sp³-hybridized carbons (Fsp3) is 0.182. The fourth-order valence-corrected chi connectivity index (χ4v) is 1.81. The topological polar surface area (TPSA) is 43.8 Å². The maximum absolute atomic E-state index is 5.69. The number of nitrogens with zero attached hydrogens (tertiary/aromatic N) is 2. The minimum atomic E-state index is 0.559. The number of imidazole rings is 1. The standard InChI is InChI=1S/C11H13N3S/c1-15-10-4-2-9(3-5-10)8-14-7-6-13-11(14)12/h2-7H,8H2,1H3,(H2,12,13). The number of aromatic nitrogens is 2. The van der Waals surface area contributed by atoms with Crippen LogP contribution in [0.5, 0.6) is 0 Å². The number of hydrogen-bond acceptors (Lipinski definition) is 3. The highest BCUT2D eigenvalue weighted by atomic mass is 32.2. The Morgan fingerprint density at radius 2 is 2.07 bits per heavy atom. The first kappa shape index (κ1) is 10.1. The van der Waals surface area contributed by atoms with Crippen LogP contribution in [0.1, 0.15) is 5.56 Å². The molecule has 2 N–H and O–H groups in total. The largest absolute Gasteiger partial charge is 0.369 e. The van der Waals surface area contributed by atoms with Crippen molar-refractivity contribution in [1.29, 1.82) is 0 Å². The van der Waals surface area contributed by atoms with Crippen LogP contribution in [-0.2, 0) is 6.54 Å². The van der Waals surface area contributed by atoms with E-state index in [4.69, 9.17) is 5.73 Å². The first-order valence-electron chi connectivity index (χ1n) is 4.69. The molecular weight excluding hydrogens is 206 g/mol. The van der Waals surface area contributed by atoms with Crippen LogP contribution in [-0.4, -0.2) is 15.8 Å². The monoisotopic (exact) mass is 219 g/mol. The van der Waals surface area contributed by atoms with Crippen LogP contribution >= 0.6 is 11.8 Å². The Labute approximate surface area is 93.3 Å². The first-order valence-corrected chi connectivity index (χ1v) is 5.91. The van der Waals surface area contributed by atoms with Gasteiger partial charge in [-0.25, -0.2) is 4.98 Å². The molecule has 4 heteroatoms. The lowest BCUT2D eigenvalue weighted by Gasteiger charge is -2.05. The quantitative estimate of drug-likeness (QED) is 0.805. The molecule has 1 heterocycles. The zero-order valence-corrected chi connectivity index (χ0v) is 9.37. The van der Waals surface area contributed by atoms with Gasteiger partial charge in [0.25, 0.3) is 0 Å². The summed E-state index contributed by atoms with van der Waals surface area (Å²) in [6, 6.07) is 8.47. The van der Waals surface area contributed by atoms with Gasteiger partial charge in [-0.3, -0.25) is 0 Å². The second kappa shape index (κ2) is 4.40. The second-order valence-corrected chi connectivity index (χ2v) is 4.14. The van der Waals surface area contributed by atoms with Crippen molar-refractivity contribution < 1.29 is 0 Å². The van der Waals surface area contributed by atoms with Crippen molar-refractivity contribution in [2.45, 2.75) is 11.4 Å². The first-order chi connectivity index (χ1) is 7.29. The number of thioether (sulfide) groups is 1. The van der Waals surface area contributed by atoms with E-state index in [1.807, 2.05) is 10.8 Å². The molecule has 0 atom stereocenters. The third kappa shape index (κ3) is 2.33. The molecule has 0 aliphatic carbocycles. The van der Waals surface area contributed by atoms with Crippen molar-refractivity contribution in [3.05, 3.63) is 42.2 Å². The summed E-state index contributed by atoms with van der Waals surface area (Å²) in [7, 11) is 0. The molecule has 0 spiro atoms. The van der Waals surface area contributed by atoms with E-state index in [1.165, 1.54) is 10.5 Å². The van der Waals surface area contributed by atoms with Gasteiger partial charge in [-0.2, -0.15) is 0 Å². The van der Waals surface area contributed by atoms with Gasteiger partial charge in [-0.1, -0.05) is 12.1 Å². The lowest BCUT2D eigenvalue weighted by molar-refractivity contribution is 0.810. The lowest BCUT2D eigenvalue weighted by Crippen LogP contribution is -2.03. The van der Waals surface area contributed by atoms with Crippen molar-refractivity contribution in [2.75, 3.05) is 12.0 Å². The highest BCUT2D eigenvalue weighted by molar-refractivity contribution is 7.98. The molecule has 0 aliphatic heterocycles. The van der Waals surface area contributed by atoms with E-state index >= 15 is 0 Å². The van der Waals surface area contributed by atoms with Gasteiger partial charge in [0.05, 0.1) is 6.54 Å². The van der Waals surface area contributed by atoms with E-state index < -0.39 is 0 Å². The summed E-state index contributed by atoms with van der Waals surface area (Å²) in [6.45, 7) is 0.778. The molecule has 15 heavy (non-hydrogen) atoms. The van der Waals surface area contributed by atoms with Gasteiger partial charge >= 0.3 is 0 Å². The molecule has 0 saturated carbocycles. The average Bonchev–Trinajstić information content (AvgIpc) is 2.66. The molecule has 0 fully saturated rings. The van der Waals surface area contributed by atoms with Crippen LogP contribution in [0.2, 0.25) is 0 Å². The van der Waals surface area contributed by atoms with E-state index in [0.717, 1.165) is 6.54 Å². The summed E-state index contributed by atoms with van der Waals surface area (Å²) in [5, 5.41) is 0. The minimum absolute atomic E-state index is 0.559. The van der Waals surface area contributed by atoms with E-state index in [2.05, 4.69) is 35.5 Å². The predicted octanol–water partition coefficient (Wildman–Crippen LogP) is 2.24. The Morgan fingerprint density at radius 3 is 2.60 bits per heavy atom. The summed E-state index contributed by atoms with van der Waals surface area (Å²) < 4.78 is 1.92. The van der Waals surface area contributed by atoms with Gasteiger partial charge in [0.1, 0.15) is 0 Å². The zero-order chi connectivity index (χ0) is 10.7. The molecule has 3 nitrogen and oxygen atoms in total. The zero-order valence-electron chi connectivity index (χ0n) is 8.55. The molecule has 2 rings (SSSR count). The van der Waals surface area contributed by atoms with Crippen LogP contribution in [0.3, 0.4) is 0 Å². The highest BCUT2D eigenvalue weighted by Crippen LogP contribution is 2.15. The van der Waals surface area contributed by atoms with Gasteiger partial charge < -0.3 is 10.3 Å². The van der Waals surface area contributed by atoms with Crippen molar-refractivity contribution in [3.63, 3.8) is 0 Å². The van der Waals surface area contributed by atoms with Crippen LogP contribution in [0.4, 0.5) is 5.95 Å². The van der Waals surface area contributed by atoms with Gasteiger partial charge in [-0.15, -0.1) is 11.8 Å². The summed E-state index contributed by atoms with van der Waals surface area (Å²) in [5.74, 6) is 0.559. The molecule has 0 saturated heterocycles. The summed E-state index contributed by atoms with van der Waals surface area (Å²) >= 11 is 1.74. The third-order valence-electron chi connectivity index (χ3n) is 2.26. The van der Waals surface area contributed by atoms with Crippen molar-refractivity contribution >= 4 is 17.7 Å². The molecule has 2 aromatic rings. The van der Waals surface area contributed by atoms with Gasteiger partial charge in [0.15, 0.2) is 5.95 Å². The molecule has 0 unspecified atom stereocenters. The molecule has 1 aromatic heterocycles.